The van der Waals surface area contributed by atoms with Crippen LogP contribution in [-0.4, -0.2) is 12.1 Å². The molecule has 0 saturated carbocycles. The zero-order valence-corrected chi connectivity index (χ0v) is 17.1. The Labute approximate surface area is 166 Å². The molecule has 0 spiro atoms. The maximum absolute atomic E-state index is 5.99. The number of halogens is 1. The molecule has 0 atom stereocenters. The van der Waals surface area contributed by atoms with Crippen molar-refractivity contribution in [1.82, 2.24) is 0 Å². The van der Waals surface area contributed by atoms with Crippen LogP contribution in [0.25, 0.3) is 0 Å². The molecule has 0 aliphatic heterocycles. The minimum atomic E-state index is 0. The first-order valence-corrected chi connectivity index (χ1v) is 8.54. The molecule has 1 aliphatic carbocycles. The van der Waals surface area contributed by atoms with E-state index in [9.17, 15) is 0 Å². The second-order valence-corrected chi connectivity index (χ2v) is 6.47. The molecular formula is C20H26IN3O. The van der Waals surface area contributed by atoms with Gasteiger partial charge in [0.15, 0.2) is 5.96 Å². The molecular weight excluding hydrogens is 425 g/mol. The van der Waals surface area contributed by atoms with Gasteiger partial charge in [0.1, 0.15) is 5.75 Å². The largest absolute Gasteiger partial charge is 0.491 e. The molecule has 0 bridgehead atoms. The Bertz CT molecular complexity index is 726. The number of nitrogens with zero attached hydrogens (tertiary/aromatic N) is 1. The van der Waals surface area contributed by atoms with E-state index < -0.39 is 0 Å². The SMILES string of the molecule is CC(C)Oc1ccc(NC(N)=NCc2ccc3c(c2)CCC3)cc1.I. The first-order valence-electron chi connectivity index (χ1n) is 8.54. The van der Waals surface area contributed by atoms with Crippen LogP contribution < -0.4 is 15.8 Å². The van der Waals surface area contributed by atoms with Crippen molar-refractivity contribution in [3.63, 3.8) is 0 Å². The second-order valence-electron chi connectivity index (χ2n) is 6.47. The average Bonchev–Trinajstić information content (AvgIpc) is 3.02. The molecule has 4 nitrogen and oxygen atoms in total. The van der Waals surface area contributed by atoms with Crippen LogP contribution in [0.5, 0.6) is 5.75 Å². The van der Waals surface area contributed by atoms with E-state index in [1.54, 1.807) is 0 Å². The number of ether oxygens (including phenoxy) is 1. The van der Waals surface area contributed by atoms with Gasteiger partial charge < -0.3 is 15.8 Å². The summed E-state index contributed by atoms with van der Waals surface area (Å²) in [5.41, 5.74) is 11.1. The van der Waals surface area contributed by atoms with Gasteiger partial charge in [0.2, 0.25) is 0 Å². The summed E-state index contributed by atoms with van der Waals surface area (Å²) >= 11 is 0. The Morgan fingerprint density at radius 3 is 2.56 bits per heavy atom. The van der Waals surface area contributed by atoms with E-state index in [-0.39, 0.29) is 30.1 Å². The van der Waals surface area contributed by atoms with Crippen LogP contribution in [0.15, 0.2) is 47.5 Å². The third-order valence-corrected chi connectivity index (χ3v) is 4.09. The monoisotopic (exact) mass is 451 g/mol. The predicted molar refractivity (Wildman–Crippen MR) is 115 cm³/mol. The van der Waals surface area contributed by atoms with Crippen molar-refractivity contribution >= 4 is 35.6 Å². The van der Waals surface area contributed by atoms with Crippen LogP contribution in [0.3, 0.4) is 0 Å². The van der Waals surface area contributed by atoms with E-state index >= 15 is 0 Å². The van der Waals surface area contributed by atoms with Gasteiger partial charge in [0.05, 0.1) is 12.6 Å². The van der Waals surface area contributed by atoms with Gasteiger partial charge in [-0.1, -0.05) is 18.2 Å². The Morgan fingerprint density at radius 1 is 1.12 bits per heavy atom. The Balaban J connectivity index is 0.00000225. The Morgan fingerprint density at radius 2 is 1.84 bits per heavy atom. The molecule has 0 unspecified atom stereocenters. The van der Waals surface area contributed by atoms with Gasteiger partial charge in [0, 0.05) is 5.69 Å². The minimum absolute atomic E-state index is 0. The average molecular weight is 451 g/mol. The molecule has 2 aromatic rings. The fourth-order valence-electron chi connectivity index (χ4n) is 2.98. The molecule has 3 rings (SSSR count). The van der Waals surface area contributed by atoms with E-state index in [1.165, 1.54) is 36.0 Å². The molecule has 0 fully saturated rings. The van der Waals surface area contributed by atoms with Crippen LogP contribution in [-0.2, 0) is 19.4 Å². The van der Waals surface area contributed by atoms with Gasteiger partial charge >= 0.3 is 0 Å². The van der Waals surface area contributed by atoms with Gasteiger partial charge in [-0.25, -0.2) is 4.99 Å². The number of guanidine groups is 1. The molecule has 0 aromatic heterocycles. The molecule has 0 heterocycles. The summed E-state index contributed by atoms with van der Waals surface area (Å²) in [7, 11) is 0. The summed E-state index contributed by atoms with van der Waals surface area (Å²) in [6.07, 6.45) is 3.83. The first-order chi connectivity index (χ1) is 11.6. The lowest BCUT2D eigenvalue weighted by atomic mass is 10.1. The first kappa shape index (κ1) is 19.6. The molecule has 0 amide bonds. The standard InChI is InChI=1S/C20H25N3O.HI/c1-14(2)24-19-10-8-18(9-11-19)23-20(21)22-13-15-6-7-16-4-3-5-17(16)12-15;/h6-12,14H,3-5,13H2,1-2H3,(H3,21,22,23);1H. The van der Waals surface area contributed by atoms with E-state index in [1.807, 2.05) is 38.1 Å². The number of benzene rings is 2. The van der Waals surface area contributed by atoms with Gasteiger partial charge in [0.25, 0.3) is 0 Å². The zero-order valence-electron chi connectivity index (χ0n) is 14.8. The van der Waals surface area contributed by atoms with Gasteiger partial charge in [-0.15, -0.1) is 24.0 Å². The highest BCUT2D eigenvalue weighted by Crippen LogP contribution is 2.23. The highest BCUT2D eigenvalue weighted by molar-refractivity contribution is 14.0. The molecule has 2 aromatic carbocycles. The molecule has 134 valence electrons. The summed E-state index contributed by atoms with van der Waals surface area (Å²) in [4.78, 5) is 4.44. The summed E-state index contributed by atoms with van der Waals surface area (Å²) in [6.45, 7) is 4.62. The maximum atomic E-state index is 5.99. The number of aryl methyl sites for hydroxylation is 2. The van der Waals surface area contributed by atoms with Crippen LogP contribution in [0, 0.1) is 0 Å². The van der Waals surface area contributed by atoms with Gasteiger partial charge in [-0.3, -0.25) is 0 Å². The second kappa shape index (κ2) is 9.08. The lowest BCUT2D eigenvalue weighted by Gasteiger charge is -2.11. The van der Waals surface area contributed by atoms with Crippen LogP contribution in [0.1, 0.15) is 37.0 Å². The van der Waals surface area contributed by atoms with Crippen molar-refractivity contribution in [1.29, 1.82) is 0 Å². The normalized spacial score (nSPS) is 13.3. The molecule has 5 heteroatoms. The summed E-state index contributed by atoms with van der Waals surface area (Å²) < 4.78 is 5.63. The van der Waals surface area contributed by atoms with Crippen molar-refractivity contribution in [2.45, 2.75) is 45.8 Å². The number of nitrogens with one attached hydrogen (secondary N) is 1. The molecule has 25 heavy (non-hydrogen) atoms. The fourth-order valence-corrected chi connectivity index (χ4v) is 2.98. The lowest BCUT2D eigenvalue weighted by Crippen LogP contribution is -2.22. The topological polar surface area (TPSA) is 59.6 Å². The number of aliphatic imine (C=N–C) groups is 1. The Hall–Kier alpha value is -1.76. The maximum Gasteiger partial charge on any atom is 0.193 e. The zero-order chi connectivity index (χ0) is 16.9. The molecule has 0 radical (unpaired) electrons. The Kier molecular flexibility index (Phi) is 7.11. The summed E-state index contributed by atoms with van der Waals surface area (Å²) in [5, 5.41) is 3.12. The summed E-state index contributed by atoms with van der Waals surface area (Å²) in [5.74, 6) is 1.28. The predicted octanol–water partition coefficient (Wildman–Crippen LogP) is 4.51. The van der Waals surface area contributed by atoms with Crippen molar-refractivity contribution < 1.29 is 4.74 Å². The number of rotatable bonds is 5. The number of fused-ring (bicyclic) bond motifs is 1. The summed E-state index contributed by atoms with van der Waals surface area (Å²) in [6, 6.07) is 14.4. The highest BCUT2D eigenvalue weighted by atomic mass is 127. The third-order valence-electron chi connectivity index (χ3n) is 4.09. The minimum Gasteiger partial charge on any atom is -0.491 e. The quantitative estimate of drug-likeness (QED) is 0.400. The van der Waals surface area contributed by atoms with E-state index in [0.29, 0.717) is 12.5 Å². The van der Waals surface area contributed by atoms with E-state index in [4.69, 9.17) is 10.5 Å². The molecule has 0 saturated heterocycles. The van der Waals surface area contributed by atoms with Crippen molar-refractivity contribution in [3.05, 3.63) is 59.2 Å². The van der Waals surface area contributed by atoms with Gasteiger partial charge in [-0.05, 0) is 74.1 Å². The van der Waals surface area contributed by atoms with Crippen LogP contribution >= 0.6 is 24.0 Å². The highest BCUT2D eigenvalue weighted by Gasteiger charge is 2.10. The molecule has 3 N–H and O–H groups in total. The number of hydrogen-bond donors (Lipinski definition) is 2. The van der Waals surface area contributed by atoms with Crippen LogP contribution in [0.4, 0.5) is 5.69 Å². The molecule has 1 aliphatic rings. The van der Waals surface area contributed by atoms with E-state index in [2.05, 4.69) is 28.5 Å². The number of anilines is 1. The smallest absolute Gasteiger partial charge is 0.193 e. The van der Waals surface area contributed by atoms with Crippen molar-refractivity contribution in [3.8, 4) is 5.75 Å². The number of nitrogens with two attached hydrogens (primary N) is 1. The lowest BCUT2D eigenvalue weighted by molar-refractivity contribution is 0.242. The van der Waals surface area contributed by atoms with Gasteiger partial charge in [-0.2, -0.15) is 0 Å². The fraction of sp³-hybridized carbons (Fsp3) is 0.350. The van der Waals surface area contributed by atoms with Crippen molar-refractivity contribution in [2.75, 3.05) is 5.32 Å². The van der Waals surface area contributed by atoms with E-state index in [0.717, 1.165) is 11.4 Å². The van der Waals surface area contributed by atoms with Crippen molar-refractivity contribution in [2.24, 2.45) is 10.7 Å². The number of hydrogen-bond acceptors (Lipinski definition) is 2. The van der Waals surface area contributed by atoms with Crippen LogP contribution in [0.2, 0.25) is 0 Å². The third kappa shape index (κ3) is 5.63.